The van der Waals surface area contributed by atoms with Gasteiger partial charge in [0.25, 0.3) is 5.91 Å². The Kier molecular flexibility index (Phi) is 5.18. The predicted molar refractivity (Wildman–Crippen MR) is 97.9 cm³/mol. The zero-order valence-electron chi connectivity index (χ0n) is 15.2. The summed E-state index contributed by atoms with van der Waals surface area (Å²) >= 11 is 0. The van der Waals surface area contributed by atoms with Gasteiger partial charge in [-0.2, -0.15) is 0 Å². The summed E-state index contributed by atoms with van der Waals surface area (Å²) in [7, 11) is 0. The molecule has 1 aliphatic carbocycles. The van der Waals surface area contributed by atoms with Crippen molar-refractivity contribution in [2.45, 2.75) is 51.6 Å². The van der Waals surface area contributed by atoms with Gasteiger partial charge in [0, 0.05) is 12.6 Å². The molecule has 2 aliphatic rings. The maximum atomic E-state index is 12.8. The van der Waals surface area contributed by atoms with Crippen molar-refractivity contribution in [1.82, 2.24) is 5.32 Å². The summed E-state index contributed by atoms with van der Waals surface area (Å²) in [5.74, 6) is -2.29. The van der Waals surface area contributed by atoms with Crippen LogP contribution in [-0.2, 0) is 9.59 Å². The first-order chi connectivity index (χ1) is 12.4. The number of hydrogen-bond donors (Lipinski definition) is 2. The minimum absolute atomic E-state index is 0.0250. The average molecular weight is 357 g/mol. The monoisotopic (exact) mass is 357 g/mol. The van der Waals surface area contributed by atoms with E-state index in [9.17, 15) is 14.4 Å². The second kappa shape index (κ2) is 7.37. The Morgan fingerprint density at radius 3 is 2.58 bits per heavy atom. The lowest BCUT2D eigenvalue weighted by molar-refractivity contribution is -0.428. The Bertz CT molecular complexity index is 774. The lowest BCUT2D eigenvalue weighted by atomic mass is 9.91. The van der Waals surface area contributed by atoms with Crippen LogP contribution in [0.3, 0.4) is 0 Å². The molecule has 4 N–H and O–H groups in total. The maximum Gasteiger partial charge on any atom is 0.335 e. The number of amides is 4. The minimum Gasteiger partial charge on any atom is -0.353 e. The summed E-state index contributed by atoms with van der Waals surface area (Å²) in [5.41, 5.74) is 6.59. The molecule has 26 heavy (non-hydrogen) atoms. The van der Waals surface area contributed by atoms with E-state index in [0.29, 0.717) is 5.69 Å². The van der Waals surface area contributed by atoms with Crippen LogP contribution in [0.2, 0.25) is 0 Å². The fourth-order valence-corrected chi connectivity index (χ4v) is 3.41. The van der Waals surface area contributed by atoms with Crippen molar-refractivity contribution in [1.29, 1.82) is 0 Å². The lowest BCUT2D eigenvalue weighted by Gasteiger charge is -2.29. The molecule has 0 bridgehead atoms. The molecule has 1 heterocycles. The topological polar surface area (TPSA) is 106 Å². The number of barbiturate groups is 1. The molecule has 0 aromatic heterocycles. The van der Waals surface area contributed by atoms with Gasteiger partial charge in [0.15, 0.2) is 5.92 Å². The number of nitrogens with one attached hydrogen (secondary N) is 1. The summed E-state index contributed by atoms with van der Waals surface area (Å²) in [6, 6.07) is 4.82. The highest BCUT2D eigenvalue weighted by Crippen LogP contribution is 2.24. The van der Waals surface area contributed by atoms with Crippen LogP contribution < -0.4 is 16.0 Å². The van der Waals surface area contributed by atoms with Gasteiger partial charge in [0.1, 0.15) is 12.1 Å². The molecule has 3 rings (SSSR count). The number of nitrogens with zero attached hydrogens (tertiary/aromatic N) is 2. The normalized spacial score (nSPS) is 27.1. The van der Waals surface area contributed by atoms with E-state index in [1.807, 2.05) is 19.9 Å². The first kappa shape index (κ1) is 18.3. The molecular weight excluding hydrogens is 332 g/mol. The molecule has 0 spiro atoms. The van der Waals surface area contributed by atoms with Gasteiger partial charge in [0.2, 0.25) is 5.91 Å². The van der Waals surface area contributed by atoms with Gasteiger partial charge < -0.3 is 5.73 Å². The van der Waals surface area contributed by atoms with Crippen LogP contribution in [-0.4, -0.2) is 36.1 Å². The molecule has 2 fully saturated rings. The van der Waals surface area contributed by atoms with E-state index in [1.54, 1.807) is 12.1 Å². The van der Waals surface area contributed by atoms with Gasteiger partial charge in [-0.15, -0.1) is 0 Å². The molecular formula is C19H25N4O3+. The van der Waals surface area contributed by atoms with E-state index in [-0.39, 0.29) is 12.1 Å². The number of anilines is 1. The predicted octanol–water partition coefficient (Wildman–Crippen LogP) is 1.13. The average Bonchev–Trinajstić information content (AvgIpc) is 2.59. The SMILES string of the molecule is Cc1ccc(N2C(=O)NC(=O)[C@H](C=N[C@H]3CCCC[C@@H]3[NH3+])C2=O)cc1C. The molecule has 1 saturated heterocycles. The quantitative estimate of drug-likeness (QED) is 0.625. The van der Waals surface area contributed by atoms with E-state index in [2.05, 4.69) is 16.0 Å². The highest BCUT2D eigenvalue weighted by atomic mass is 16.2. The Balaban J connectivity index is 1.84. The summed E-state index contributed by atoms with van der Waals surface area (Å²) < 4.78 is 0. The number of hydrogen-bond acceptors (Lipinski definition) is 4. The third-order valence-electron chi connectivity index (χ3n) is 5.25. The minimum atomic E-state index is -1.09. The number of carbonyl (C=O) groups is 3. The molecule has 1 aromatic rings. The van der Waals surface area contributed by atoms with E-state index in [0.717, 1.165) is 41.7 Å². The van der Waals surface area contributed by atoms with Crippen LogP contribution in [0.25, 0.3) is 0 Å². The fourth-order valence-electron chi connectivity index (χ4n) is 3.41. The van der Waals surface area contributed by atoms with Crippen LogP contribution in [0.1, 0.15) is 36.8 Å². The van der Waals surface area contributed by atoms with Crippen molar-refractivity contribution in [2.24, 2.45) is 10.9 Å². The number of aryl methyl sites for hydroxylation is 2. The Morgan fingerprint density at radius 2 is 1.88 bits per heavy atom. The van der Waals surface area contributed by atoms with E-state index >= 15 is 0 Å². The van der Waals surface area contributed by atoms with Crippen molar-refractivity contribution >= 4 is 29.7 Å². The Labute approximate surface area is 152 Å². The van der Waals surface area contributed by atoms with Gasteiger partial charge in [-0.25, -0.2) is 9.69 Å². The summed E-state index contributed by atoms with van der Waals surface area (Å²) in [4.78, 5) is 42.7. The number of aliphatic imine (C=N–C) groups is 1. The van der Waals surface area contributed by atoms with Gasteiger partial charge in [-0.05, 0) is 49.9 Å². The molecule has 7 heteroatoms. The van der Waals surface area contributed by atoms with Gasteiger partial charge >= 0.3 is 6.03 Å². The fraction of sp³-hybridized carbons (Fsp3) is 0.474. The zero-order valence-corrected chi connectivity index (χ0v) is 15.2. The first-order valence-electron chi connectivity index (χ1n) is 9.01. The standard InChI is InChI=1S/C19H24N4O3/c1-11-7-8-13(9-12(11)2)23-18(25)14(17(24)22-19(23)26)10-21-16-6-4-3-5-15(16)20/h7-10,14-16H,3-6,20H2,1-2H3,(H,22,24,26)/p+1/t14-,15-,16-/m0/s1. The van der Waals surface area contributed by atoms with Crippen molar-refractivity contribution in [3.05, 3.63) is 29.3 Å². The molecule has 0 unspecified atom stereocenters. The van der Waals surface area contributed by atoms with Gasteiger partial charge in [-0.3, -0.25) is 19.9 Å². The van der Waals surface area contributed by atoms with E-state index in [1.165, 1.54) is 6.21 Å². The third kappa shape index (κ3) is 3.53. The van der Waals surface area contributed by atoms with Crippen LogP contribution in [0.15, 0.2) is 23.2 Å². The van der Waals surface area contributed by atoms with Gasteiger partial charge in [0.05, 0.1) is 5.69 Å². The molecule has 1 aromatic carbocycles. The molecule has 1 saturated carbocycles. The smallest absolute Gasteiger partial charge is 0.335 e. The molecule has 7 nitrogen and oxygen atoms in total. The van der Waals surface area contributed by atoms with E-state index in [4.69, 9.17) is 0 Å². The molecule has 1 aliphatic heterocycles. The molecule has 0 radical (unpaired) electrons. The van der Waals surface area contributed by atoms with Crippen molar-refractivity contribution in [2.75, 3.05) is 4.90 Å². The number of quaternary nitrogens is 1. The van der Waals surface area contributed by atoms with Crippen molar-refractivity contribution < 1.29 is 20.1 Å². The Morgan fingerprint density at radius 1 is 1.15 bits per heavy atom. The molecule has 4 amide bonds. The second-order valence-corrected chi connectivity index (χ2v) is 7.12. The Hall–Kier alpha value is -2.54. The highest BCUT2D eigenvalue weighted by Gasteiger charge is 2.40. The van der Waals surface area contributed by atoms with Crippen molar-refractivity contribution in [3.63, 3.8) is 0 Å². The molecule has 138 valence electrons. The van der Waals surface area contributed by atoms with E-state index < -0.39 is 23.8 Å². The number of carbonyl (C=O) groups excluding carboxylic acids is 3. The lowest BCUT2D eigenvalue weighted by Crippen LogP contribution is -2.66. The zero-order chi connectivity index (χ0) is 18.8. The third-order valence-corrected chi connectivity index (χ3v) is 5.25. The number of rotatable bonds is 3. The summed E-state index contributed by atoms with van der Waals surface area (Å²) in [5, 5.41) is 2.26. The van der Waals surface area contributed by atoms with Crippen LogP contribution in [0.4, 0.5) is 10.5 Å². The summed E-state index contributed by atoms with van der Waals surface area (Å²) in [6.45, 7) is 3.86. The number of urea groups is 1. The van der Waals surface area contributed by atoms with Gasteiger partial charge in [-0.1, -0.05) is 12.5 Å². The van der Waals surface area contributed by atoms with Crippen molar-refractivity contribution in [3.8, 4) is 0 Å². The number of imide groups is 2. The summed E-state index contributed by atoms with van der Waals surface area (Å²) in [6.07, 6.45) is 5.52. The number of benzene rings is 1. The highest BCUT2D eigenvalue weighted by molar-refractivity contribution is 6.32. The second-order valence-electron chi connectivity index (χ2n) is 7.12. The van der Waals surface area contributed by atoms with Crippen LogP contribution in [0.5, 0.6) is 0 Å². The first-order valence-corrected chi connectivity index (χ1v) is 9.01. The van der Waals surface area contributed by atoms with Crippen LogP contribution in [0, 0.1) is 19.8 Å². The largest absolute Gasteiger partial charge is 0.353 e. The van der Waals surface area contributed by atoms with Crippen LogP contribution >= 0.6 is 0 Å². The molecule has 3 atom stereocenters. The maximum absolute atomic E-state index is 12.8.